The molecule has 3 aromatic rings. The lowest BCUT2D eigenvalue weighted by Crippen LogP contribution is -2.28. The monoisotopic (exact) mass is 459 g/mol. The van der Waals surface area contributed by atoms with Crippen molar-refractivity contribution in [1.29, 1.82) is 0 Å². The van der Waals surface area contributed by atoms with Gasteiger partial charge in [0.1, 0.15) is 5.82 Å². The summed E-state index contributed by atoms with van der Waals surface area (Å²) >= 11 is 1.43. The summed E-state index contributed by atoms with van der Waals surface area (Å²) in [4.78, 5) is 17.6. The number of aromatic nitrogens is 1. The Morgan fingerprint density at radius 3 is 2.52 bits per heavy atom. The zero-order chi connectivity index (χ0) is 22.2. The fourth-order valence-electron chi connectivity index (χ4n) is 3.86. The number of amides is 1. The predicted molar refractivity (Wildman–Crippen MR) is 123 cm³/mol. The second-order valence-electron chi connectivity index (χ2n) is 7.82. The third-order valence-electron chi connectivity index (χ3n) is 5.74. The van der Waals surface area contributed by atoms with Crippen molar-refractivity contribution in [3.05, 3.63) is 42.1 Å². The van der Waals surface area contributed by atoms with Crippen LogP contribution in [-0.2, 0) is 9.84 Å². The molecule has 1 amide bonds. The fraction of sp³-hybridized carbons (Fsp3) is 0.364. The Balaban J connectivity index is 1.72. The molecular formula is C22H25N3O4S2. The van der Waals surface area contributed by atoms with Gasteiger partial charge in [-0.3, -0.25) is 4.79 Å². The first-order chi connectivity index (χ1) is 14.8. The van der Waals surface area contributed by atoms with Crippen LogP contribution in [0.25, 0.3) is 20.5 Å². The summed E-state index contributed by atoms with van der Waals surface area (Å²) in [5.41, 5.74) is 6.80. The highest BCUT2D eigenvalue weighted by molar-refractivity contribution is 7.91. The first-order valence-corrected chi connectivity index (χ1v) is 12.8. The van der Waals surface area contributed by atoms with Gasteiger partial charge < -0.3 is 16.2 Å². The SMILES string of the molecule is CCS(=O)(=O)c1ccc(-c2cc3c(NC4CCC(O)CC4)ncc(C(N)=O)c3s2)cc1. The van der Waals surface area contributed by atoms with Crippen LogP contribution in [0.3, 0.4) is 0 Å². The second-order valence-corrected chi connectivity index (χ2v) is 11.1. The molecule has 31 heavy (non-hydrogen) atoms. The number of nitrogens with two attached hydrogens (primary N) is 1. The molecule has 2 heterocycles. The zero-order valence-corrected chi connectivity index (χ0v) is 18.8. The van der Waals surface area contributed by atoms with Crippen molar-refractivity contribution in [2.24, 2.45) is 5.73 Å². The molecule has 164 valence electrons. The third-order valence-corrected chi connectivity index (χ3v) is 8.70. The smallest absolute Gasteiger partial charge is 0.251 e. The van der Waals surface area contributed by atoms with Gasteiger partial charge in [-0.2, -0.15) is 0 Å². The van der Waals surface area contributed by atoms with Gasteiger partial charge in [0.25, 0.3) is 5.91 Å². The molecule has 1 saturated carbocycles. The minimum Gasteiger partial charge on any atom is -0.393 e. The van der Waals surface area contributed by atoms with E-state index >= 15 is 0 Å². The third kappa shape index (κ3) is 4.44. The molecule has 1 fully saturated rings. The molecule has 0 saturated heterocycles. The second kappa shape index (κ2) is 8.57. The van der Waals surface area contributed by atoms with E-state index in [9.17, 15) is 18.3 Å². The highest BCUT2D eigenvalue weighted by Crippen LogP contribution is 2.39. The number of aliphatic hydroxyl groups is 1. The number of carbonyl (C=O) groups is 1. The van der Waals surface area contributed by atoms with E-state index in [4.69, 9.17) is 5.73 Å². The number of nitrogens with zero attached hydrogens (tertiary/aromatic N) is 1. The molecule has 0 bridgehead atoms. The number of anilines is 1. The van der Waals surface area contributed by atoms with Gasteiger partial charge in [0.15, 0.2) is 9.84 Å². The summed E-state index contributed by atoms with van der Waals surface area (Å²) in [7, 11) is -3.26. The number of rotatable bonds is 6. The van der Waals surface area contributed by atoms with E-state index in [1.165, 1.54) is 17.5 Å². The van der Waals surface area contributed by atoms with Gasteiger partial charge in [-0.05, 0) is 49.4 Å². The van der Waals surface area contributed by atoms with Crippen molar-refractivity contribution in [3.8, 4) is 10.4 Å². The number of pyridine rings is 1. The number of fused-ring (bicyclic) bond motifs is 1. The molecular weight excluding hydrogens is 434 g/mol. The van der Waals surface area contributed by atoms with Gasteiger partial charge in [0.2, 0.25) is 0 Å². The van der Waals surface area contributed by atoms with Gasteiger partial charge in [-0.15, -0.1) is 11.3 Å². The molecule has 0 radical (unpaired) electrons. The standard InChI is InChI=1S/C22H25N3O4S2/c1-2-31(28,29)16-9-3-13(4-10-16)19-11-17-20(30-19)18(21(23)27)12-24-22(17)25-14-5-7-15(26)8-6-14/h3-4,9-12,14-15,26H,2,5-8H2,1H3,(H2,23,27)(H,24,25). The molecule has 1 aromatic carbocycles. The molecule has 0 spiro atoms. The maximum Gasteiger partial charge on any atom is 0.251 e. The van der Waals surface area contributed by atoms with Crippen LogP contribution in [0.4, 0.5) is 5.82 Å². The number of hydrogen-bond acceptors (Lipinski definition) is 7. The Hall–Kier alpha value is -2.49. The zero-order valence-electron chi connectivity index (χ0n) is 17.2. The number of benzene rings is 1. The van der Waals surface area contributed by atoms with Crippen LogP contribution in [0.1, 0.15) is 43.0 Å². The minimum absolute atomic E-state index is 0.0517. The Labute approximate surface area is 185 Å². The summed E-state index contributed by atoms with van der Waals surface area (Å²) < 4.78 is 24.9. The van der Waals surface area contributed by atoms with E-state index in [0.717, 1.165) is 46.2 Å². The van der Waals surface area contributed by atoms with Gasteiger partial charge in [0.05, 0.1) is 27.0 Å². The van der Waals surface area contributed by atoms with Crippen LogP contribution in [0, 0.1) is 0 Å². The summed E-state index contributed by atoms with van der Waals surface area (Å²) in [6.45, 7) is 1.62. The van der Waals surface area contributed by atoms with E-state index in [-0.39, 0.29) is 17.9 Å². The molecule has 1 aliphatic carbocycles. The van der Waals surface area contributed by atoms with Crippen LogP contribution >= 0.6 is 11.3 Å². The number of primary amides is 1. The maximum absolute atomic E-state index is 12.1. The van der Waals surface area contributed by atoms with Gasteiger partial charge in [-0.25, -0.2) is 13.4 Å². The molecule has 1 aliphatic rings. The van der Waals surface area contributed by atoms with E-state index in [2.05, 4.69) is 10.3 Å². The molecule has 4 rings (SSSR count). The summed E-state index contributed by atoms with van der Waals surface area (Å²) in [5.74, 6) is 0.201. The molecule has 0 aliphatic heterocycles. The van der Waals surface area contributed by atoms with E-state index in [1.54, 1.807) is 31.2 Å². The summed E-state index contributed by atoms with van der Waals surface area (Å²) in [6.07, 6.45) is 4.47. The first-order valence-electron chi connectivity index (χ1n) is 10.3. The Bertz CT molecular complexity index is 1210. The maximum atomic E-state index is 12.1. The van der Waals surface area contributed by atoms with Crippen LogP contribution in [-0.4, -0.2) is 42.3 Å². The quantitative estimate of drug-likeness (QED) is 0.518. The lowest BCUT2D eigenvalue weighted by atomic mass is 9.93. The summed E-state index contributed by atoms with van der Waals surface area (Å²) in [6, 6.07) is 8.94. The molecule has 0 unspecified atom stereocenters. The first kappa shape index (κ1) is 21.7. The van der Waals surface area contributed by atoms with Gasteiger partial charge >= 0.3 is 0 Å². The number of carbonyl (C=O) groups excluding carboxylic acids is 1. The molecule has 2 aromatic heterocycles. The highest BCUT2D eigenvalue weighted by Gasteiger charge is 2.22. The van der Waals surface area contributed by atoms with Gasteiger partial charge in [0, 0.05) is 22.5 Å². The van der Waals surface area contributed by atoms with E-state index in [0.29, 0.717) is 16.3 Å². The fourth-order valence-corrected chi connectivity index (χ4v) is 5.93. The van der Waals surface area contributed by atoms with E-state index in [1.807, 2.05) is 6.07 Å². The van der Waals surface area contributed by atoms with Crippen molar-refractivity contribution in [2.45, 2.75) is 49.6 Å². The molecule has 7 nitrogen and oxygen atoms in total. The van der Waals surface area contributed by atoms with Crippen molar-refractivity contribution in [1.82, 2.24) is 4.98 Å². The van der Waals surface area contributed by atoms with Crippen molar-refractivity contribution in [3.63, 3.8) is 0 Å². The lowest BCUT2D eigenvalue weighted by Gasteiger charge is -2.26. The van der Waals surface area contributed by atoms with Gasteiger partial charge in [-0.1, -0.05) is 19.1 Å². The number of aliphatic hydroxyl groups excluding tert-OH is 1. The molecule has 4 N–H and O–H groups in total. The normalized spacial score (nSPS) is 19.4. The Morgan fingerprint density at radius 1 is 1.23 bits per heavy atom. The van der Waals surface area contributed by atoms with Crippen LogP contribution in [0.5, 0.6) is 0 Å². The van der Waals surface area contributed by atoms with Crippen molar-refractivity contribution < 1.29 is 18.3 Å². The van der Waals surface area contributed by atoms with Crippen molar-refractivity contribution >= 4 is 43.0 Å². The van der Waals surface area contributed by atoms with Crippen LogP contribution < -0.4 is 11.1 Å². The van der Waals surface area contributed by atoms with Crippen LogP contribution in [0.15, 0.2) is 41.4 Å². The highest BCUT2D eigenvalue weighted by atomic mass is 32.2. The Morgan fingerprint density at radius 2 is 1.90 bits per heavy atom. The molecule has 9 heteroatoms. The minimum atomic E-state index is -3.26. The number of thiophene rings is 1. The number of sulfone groups is 1. The number of hydrogen-bond donors (Lipinski definition) is 3. The summed E-state index contributed by atoms with van der Waals surface area (Å²) in [5, 5.41) is 14.0. The topological polar surface area (TPSA) is 122 Å². The Kier molecular flexibility index (Phi) is 6.00. The predicted octanol–water partition coefficient (Wildman–Crippen LogP) is 3.57. The number of nitrogens with one attached hydrogen (secondary N) is 1. The van der Waals surface area contributed by atoms with Crippen molar-refractivity contribution in [2.75, 3.05) is 11.1 Å². The van der Waals surface area contributed by atoms with E-state index < -0.39 is 15.7 Å². The molecule has 0 atom stereocenters. The lowest BCUT2D eigenvalue weighted by molar-refractivity contribution is 0.100. The average Bonchev–Trinajstić information content (AvgIpc) is 3.21. The largest absolute Gasteiger partial charge is 0.393 e. The average molecular weight is 460 g/mol. The van der Waals surface area contributed by atoms with Crippen LogP contribution in [0.2, 0.25) is 0 Å².